The third-order valence-corrected chi connectivity index (χ3v) is 7.95. The average Bonchev–Trinajstić information content (AvgIpc) is 3.56. The molecule has 0 spiro atoms. The highest BCUT2D eigenvalue weighted by Crippen LogP contribution is 2.45. The molecular weight excluding hydrogens is 528 g/mol. The summed E-state index contributed by atoms with van der Waals surface area (Å²) >= 11 is 1.24. The Bertz CT molecular complexity index is 1590. The molecule has 2 aliphatic rings. The largest absolute Gasteiger partial charge is 0.457 e. The molecule has 1 saturated heterocycles. The average molecular weight is 557 g/mol. The van der Waals surface area contributed by atoms with Gasteiger partial charge in [0.15, 0.2) is 0 Å². The van der Waals surface area contributed by atoms with Crippen LogP contribution >= 0.6 is 11.3 Å². The van der Waals surface area contributed by atoms with Crippen LogP contribution in [0.3, 0.4) is 0 Å². The van der Waals surface area contributed by atoms with Crippen molar-refractivity contribution in [1.82, 2.24) is 20.1 Å². The van der Waals surface area contributed by atoms with Gasteiger partial charge in [0.1, 0.15) is 21.2 Å². The van der Waals surface area contributed by atoms with Gasteiger partial charge in [-0.3, -0.25) is 14.5 Å². The van der Waals surface area contributed by atoms with E-state index in [-0.39, 0.29) is 23.9 Å². The fourth-order valence-corrected chi connectivity index (χ4v) is 6.04. The summed E-state index contributed by atoms with van der Waals surface area (Å²) in [6.45, 7) is 1.40. The Labute approximate surface area is 235 Å². The highest BCUT2D eigenvalue weighted by Gasteiger charge is 2.34. The molecule has 0 aliphatic carbocycles. The van der Waals surface area contributed by atoms with Gasteiger partial charge in [0.25, 0.3) is 5.91 Å². The predicted octanol–water partition coefficient (Wildman–Crippen LogP) is 4.66. The monoisotopic (exact) mass is 556 g/mol. The zero-order valence-corrected chi connectivity index (χ0v) is 22.9. The van der Waals surface area contributed by atoms with Crippen molar-refractivity contribution in [2.75, 3.05) is 43.9 Å². The second-order valence-electron chi connectivity index (χ2n) is 10.0. The molecule has 40 heavy (non-hydrogen) atoms. The second kappa shape index (κ2) is 10.6. The molecule has 2 aromatic heterocycles. The van der Waals surface area contributed by atoms with Gasteiger partial charge in [0.05, 0.1) is 29.0 Å². The fraction of sp³-hybridized carbons (Fsp3) is 0.241. The van der Waals surface area contributed by atoms with Crippen molar-refractivity contribution in [3.8, 4) is 11.5 Å². The van der Waals surface area contributed by atoms with Crippen LogP contribution in [0.5, 0.6) is 11.5 Å². The summed E-state index contributed by atoms with van der Waals surface area (Å²) in [5, 5.41) is 6.70. The number of likely N-dealkylation sites (tertiary alicyclic amines) is 1. The Morgan fingerprint density at radius 1 is 1.10 bits per heavy atom. The Hall–Kier alpha value is -4.48. The smallest absolute Gasteiger partial charge is 0.331 e. The normalized spacial score (nSPS) is 16.4. The Morgan fingerprint density at radius 3 is 2.60 bits per heavy atom. The standard InChI is InChI=1S/C29H28N6O4S/c1-33(2)17-23(36)34-15-13-18(16-34)31-27(37)26-25-24-22(12-14-30-28(24)40-26)35(29(38)32-25)19-8-10-21(11-9-19)39-20-6-4-3-5-7-20/h3-12,14,18H,13,15-17H2,1-2H3,(H,31,37)(H,32,38). The molecule has 1 atom stereocenters. The molecule has 0 radical (unpaired) electrons. The van der Waals surface area contributed by atoms with E-state index in [0.717, 1.165) is 11.1 Å². The van der Waals surface area contributed by atoms with E-state index in [1.165, 1.54) is 11.3 Å². The highest BCUT2D eigenvalue weighted by atomic mass is 32.1. The number of carbonyl (C=O) groups is 3. The first-order valence-corrected chi connectivity index (χ1v) is 13.8. The van der Waals surface area contributed by atoms with Crippen LogP contribution in [0.15, 0.2) is 66.9 Å². The van der Waals surface area contributed by atoms with E-state index < -0.39 is 0 Å². The molecule has 1 fully saturated rings. The van der Waals surface area contributed by atoms with E-state index in [1.54, 1.807) is 22.1 Å². The van der Waals surface area contributed by atoms with E-state index in [2.05, 4.69) is 15.6 Å². The number of hydrogen-bond acceptors (Lipinski definition) is 7. The summed E-state index contributed by atoms with van der Waals surface area (Å²) in [6, 6.07) is 18.0. The van der Waals surface area contributed by atoms with Crippen molar-refractivity contribution >= 4 is 56.5 Å². The van der Waals surface area contributed by atoms with Gasteiger partial charge in [-0.05, 0) is 63.0 Å². The number of aromatic nitrogens is 1. The first kappa shape index (κ1) is 25.8. The highest BCUT2D eigenvalue weighted by molar-refractivity contribution is 7.21. The minimum Gasteiger partial charge on any atom is -0.457 e. The van der Waals surface area contributed by atoms with Gasteiger partial charge in [-0.2, -0.15) is 0 Å². The van der Waals surface area contributed by atoms with Crippen LogP contribution in [0.1, 0.15) is 16.1 Å². The number of para-hydroxylation sites is 1. The quantitative estimate of drug-likeness (QED) is 0.343. The summed E-state index contributed by atoms with van der Waals surface area (Å²) in [4.78, 5) is 49.9. The van der Waals surface area contributed by atoms with Gasteiger partial charge in [-0.1, -0.05) is 18.2 Å². The maximum atomic E-state index is 13.4. The number of anilines is 3. The molecule has 11 heteroatoms. The fourth-order valence-electron chi connectivity index (χ4n) is 5.01. The summed E-state index contributed by atoms with van der Waals surface area (Å²) in [5.41, 5.74) is 1.77. The van der Waals surface area contributed by atoms with Gasteiger partial charge in [0, 0.05) is 25.3 Å². The number of urea groups is 1. The van der Waals surface area contributed by atoms with Crippen molar-refractivity contribution in [1.29, 1.82) is 0 Å². The molecule has 4 aromatic rings. The van der Waals surface area contributed by atoms with E-state index in [1.807, 2.05) is 73.6 Å². The zero-order valence-electron chi connectivity index (χ0n) is 22.1. The Morgan fingerprint density at radius 2 is 1.85 bits per heavy atom. The van der Waals surface area contributed by atoms with Crippen molar-refractivity contribution in [2.45, 2.75) is 12.5 Å². The lowest BCUT2D eigenvalue weighted by molar-refractivity contribution is -0.130. The lowest BCUT2D eigenvalue weighted by Gasteiger charge is -2.28. The molecule has 6 rings (SSSR count). The van der Waals surface area contributed by atoms with Crippen LogP contribution in [-0.2, 0) is 4.79 Å². The number of thiophene rings is 1. The van der Waals surface area contributed by atoms with Gasteiger partial charge < -0.3 is 25.2 Å². The number of likely N-dealkylation sites (N-methyl/N-ethyl adjacent to an activating group) is 1. The molecule has 0 saturated carbocycles. The summed E-state index contributed by atoms with van der Waals surface area (Å²) in [6.07, 6.45) is 2.32. The number of nitrogens with one attached hydrogen (secondary N) is 2. The van der Waals surface area contributed by atoms with E-state index >= 15 is 0 Å². The minimum absolute atomic E-state index is 0.0413. The number of carbonyl (C=O) groups excluding carboxylic acids is 3. The summed E-state index contributed by atoms with van der Waals surface area (Å²) in [5.74, 6) is 1.13. The molecule has 0 bridgehead atoms. The number of nitrogens with zero attached hydrogens (tertiary/aromatic N) is 4. The lowest BCUT2D eigenvalue weighted by atomic mass is 10.1. The lowest BCUT2D eigenvalue weighted by Crippen LogP contribution is -2.41. The molecule has 2 aromatic carbocycles. The number of pyridine rings is 1. The third-order valence-electron chi connectivity index (χ3n) is 6.85. The van der Waals surface area contributed by atoms with Crippen molar-refractivity contribution in [2.24, 2.45) is 0 Å². The first-order valence-electron chi connectivity index (χ1n) is 13.0. The van der Waals surface area contributed by atoms with E-state index in [0.29, 0.717) is 58.6 Å². The van der Waals surface area contributed by atoms with Gasteiger partial charge in [-0.25, -0.2) is 9.78 Å². The number of amides is 4. The van der Waals surface area contributed by atoms with Gasteiger partial charge in [0.2, 0.25) is 5.91 Å². The zero-order chi connectivity index (χ0) is 27.8. The van der Waals surface area contributed by atoms with E-state index in [9.17, 15) is 14.4 Å². The Balaban J connectivity index is 1.23. The van der Waals surface area contributed by atoms with Crippen LogP contribution in [0, 0.1) is 0 Å². The molecular formula is C29H28N6O4S. The third kappa shape index (κ3) is 4.96. The predicted molar refractivity (Wildman–Crippen MR) is 155 cm³/mol. The minimum atomic E-state index is -0.370. The summed E-state index contributed by atoms with van der Waals surface area (Å²) < 4.78 is 5.89. The first-order chi connectivity index (χ1) is 19.4. The van der Waals surface area contributed by atoms with Crippen LogP contribution in [0.2, 0.25) is 0 Å². The SMILES string of the molecule is CN(C)CC(=O)N1CCC(NC(=O)c2sc3nccc4c3c2NC(=O)N4c2ccc(Oc3ccccc3)cc2)C1. The summed E-state index contributed by atoms with van der Waals surface area (Å²) in [7, 11) is 3.71. The van der Waals surface area contributed by atoms with Crippen LogP contribution in [0.25, 0.3) is 10.2 Å². The molecule has 2 N–H and O–H groups in total. The molecule has 2 aliphatic heterocycles. The van der Waals surface area contributed by atoms with Gasteiger partial charge in [-0.15, -0.1) is 11.3 Å². The van der Waals surface area contributed by atoms with E-state index in [4.69, 9.17) is 4.74 Å². The molecule has 4 heterocycles. The molecule has 204 valence electrons. The topological polar surface area (TPSA) is 107 Å². The maximum absolute atomic E-state index is 13.4. The molecule has 1 unspecified atom stereocenters. The van der Waals surface area contributed by atoms with Crippen LogP contribution in [0.4, 0.5) is 21.9 Å². The Kier molecular flexibility index (Phi) is 6.82. The van der Waals surface area contributed by atoms with Crippen LogP contribution in [-0.4, -0.2) is 72.4 Å². The molecule has 4 amide bonds. The van der Waals surface area contributed by atoms with Gasteiger partial charge >= 0.3 is 6.03 Å². The number of rotatable bonds is 7. The maximum Gasteiger partial charge on any atom is 0.331 e. The number of ether oxygens (including phenoxy) is 1. The molecule has 10 nitrogen and oxygen atoms in total. The number of benzene rings is 2. The van der Waals surface area contributed by atoms with Crippen molar-refractivity contribution < 1.29 is 19.1 Å². The second-order valence-corrected chi connectivity index (χ2v) is 11.0. The van der Waals surface area contributed by atoms with Crippen LogP contribution < -0.4 is 20.3 Å². The van der Waals surface area contributed by atoms with Crippen molar-refractivity contribution in [3.05, 3.63) is 71.7 Å². The number of hydrogen-bond donors (Lipinski definition) is 2. The van der Waals surface area contributed by atoms with Crippen molar-refractivity contribution in [3.63, 3.8) is 0 Å².